The quantitative estimate of drug-likeness (QED) is 0.828. The third-order valence-corrected chi connectivity index (χ3v) is 4.72. The second-order valence-corrected chi connectivity index (χ2v) is 7.00. The molecule has 5 nitrogen and oxygen atoms in total. The van der Waals surface area contributed by atoms with Gasteiger partial charge in [-0.25, -0.2) is 9.98 Å². The zero-order valence-electron chi connectivity index (χ0n) is 12.1. The van der Waals surface area contributed by atoms with Crippen LogP contribution in [0.25, 0.3) is 6.08 Å². The Morgan fingerprint density at radius 1 is 1.36 bits per heavy atom. The Morgan fingerprint density at radius 2 is 2.18 bits per heavy atom. The number of amides is 1. The number of hydrogen-bond acceptors (Lipinski definition) is 6. The fourth-order valence-electron chi connectivity index (χ4n) is 2.02. The molecule has 1 saturated heterocycles. The van der Waals surface area contributed by atoms with Crippen molar-refractivity contribution in [2.75, 3.05) is 5.73 Å². The van der Waals surface area contributed by atoms with Crippen LogP contribution in [0.1, 0.15) is 16.0 Å². The molecule has 2 aromatic rings. The minimum absolute atomic E-state index is 0.152. The highest BCUT2D eigenvalue weighted by molar-refractivity contribution is 8.18. The highest BCUT2D eigenvalue weighted by Gasteiger charge is 2.24. The van der Waals surface area contributed by atoms with Crippen LogP contribution in [0.3, 0.4) is 0 Å². The van der Waals surface area contributed by atoms with Crippen LogP contribution in [0.2, 0.25) is 0 Å². The van der Waals surface area contributed by atoms with E-state index in [2.05, 4.69) is 21.4 Å². The molecular formula is C15H14N4OS2. The average molecular weight is 330 g/mol. The molecule has 1 amide bonds. The lowest BCUT2D eigenvalue weighted by Gasteiger charge is -2.02. The fourth-order valence-corrected chi connectivity index (χ4v) is 3.55. The maximum atomic E-state index is 12.0. The Kier molecular flexibility index (Phi) is 4.00. The zero-order chi connectivity index (χ0) is 15.7. The second kappa shape index (κ2) is 5.94. The molecule has 0 radical (unpaired) electrons. The summed E-state index contributed by atoms with van der Waals surface area (Å²) in [5.41, 5.74) is 8.72. The van der Waals surface area contributed by atoms with Crippen LogP contribution >= 0.6 is 23.1 Å². The number of rotatable bonds is 2. The predicted octanol–water partition coefficient (Wildman–Crippen LogP) is 3.23. The number of carbonyl (C=O) groups is 1. The molecule has 0 aliphatic carbocycles. The molecule has 3 rings (SSSR count). The van der Waals surface area contributed by atoms with E-state index in [9.17, 15) is 4.79 Å². The van der Waals surface area contributed by atoms with Gasteiger partial charge in [0.15, 0.2) is 10.3 Å². The molecule has 1 fully saturated rings. The molecule has 1 aliphatic rings. The topological polar surface area (TPSA) is 80.4 Å². The molecule has 7 heteroatoms. The van der Waals surface area contributed by atoms with Crippen molar-refractivity contribution in [3.05, 3.63) is 45.3 Å². The Morgan fingerprint density at radius 3 is 2.86 bits per heavy atom. The Bertz CT molecular complexity index is 808. The molecule has 0 bridgehead atoms. The number of aromatic nitrogens is 1. The van der Waals surface area contributed by atoms with Crippen molar-refractivity contribution in [3.8, 4) is 0 Å². The van der Waals surface area contributed by atoms with Gasteiger partial charge in [-0.05, 0) is 43.3 Å². The first-order chi connectivity index (χ1) is 10.5. The molecule has 1 aromatic heterocycles. The largest absolute Gasteiger partial charge is 0.375 e. The molecule has 112 valence electrons. The molecule has 0 unspecified atom stereocenters. The number of anilines is 1. The number of thioether (sulfide) groups is 1. The molecular weight excluding hydrogens is 316 g/mol. The smallest absolute Gasteiger partial charge is 0.264 e. The molecule has 2 heterocycles. The zero-order valence-corrected chi connectivity index (χ0v) is 13.7. The number of nitrogens with one attached hydrogen (secondary N) is 1. The van der Waals surface area contributed by atoms with Gasteiger partial charge in [-0.3, -0.25) is 4.79 Å². The molecule has 1 aromatic carbocycles. The van der Waals surface area contributed by atoms with Crippen molar-refractivity contribution in [1.82, 2.24) is 10.3 Å². The lowest BCUT2D eigenvalue weighted by Crippen LogP contribution is -2.19. The summed E-state index contributed by atoms with van der Waals surface area (Å²) in [5, 5.41) is 3.85. The van der Waals surface area contributed by atoms with Gasteiger partial charge < -0.3 is 11.1 Å². The van der Waals surface area contributed by atoms with E-state index < -0.39 is 0 Å². The van der Waals surface area contributed by atoms with Crippen LogP contribution in [-0.4, -0.2) is 16.1 Å². The normalized spacial score (nSPS) is 18.2. The Labute approximate surface area is 136 Å². The number of amidine groups is 1. The van der Waals surface area contributed by atoms with Crippen LogP contribution in [0, 0.1) is 13.8 Å². The minimum atomic E-state index is -0.152. The summed E-state index contributed by atoms with van der Waals surface area (Å²) in [7, 11) is 0. The Balaban J connectivity index is 1.85. The van der Waals surface area contributed by atoms with Gasteiger partial charge in [-0.1, -0.05) is 29.0 Å². The van der Waals surface area contributed by atoms with E-state index in [0.29, 0.717) is 15.2 Å². The highest BCUT2D eigenvalue weighted by atomic mass is 32.2. The van der Waals surface area contributed by atoms with E-state index >= 15 is 0 Å². The van der Waals surface area contributed by atoms with E-state index in [-0.39, 0.29) is 5.91 Å². The number of aliphatic imine (C=N–C) groups is 1. The third-order valence-electron chi connectivity index (χ3n) is 3.04. The van der Waals surface area contributed by atoms with Crippen molar-refractivity contribution in [2.24, 2.45) is 4.99 Å². The van der Waals surface area contributed by atoms with Gasteiger partial charge in [0.2, 0.25) is 0 Å². The molecule has 0 saturated carbocycles. The lowest BCUT2D eigenvalue weighted by molar-refractivity contribution is -0.115. The van der Waals surface area contributed by atoms with E-state index in [0.717, 1.165) is 16.1 Å². The molecule has 0 spiro atoms. The summed E-state index contributed by atoms with van der Waals surface area (Å²) in [6, 6.07) is 6.03. The Hall–Kier alpha value is -2.12. The van der Waals surface area contributed by atoms with Gasteiger partial charge in [-0.2, -0.15) is 0 Å². The monoisotopic (exact) mass is 330 g/mol. The minimum Gasteiger partial charge on any atom is -0.375 e. The summed E-state index contributed by atoms with van der Waals surface area (Å²) in [6.07, 6.45) is 3.43. The van der Waals surface area contributed by atoms with E-state index in [4.69, 9.17) is 5.73 Å². The number of nitrogens with two attached hydrogens (primary N) is 1. The maximum Gasteiger partial charge on any atom is 0.264 e. The fraction of sp³-hybridized carbons (Fsp3) is 0.133. The van der Waals surface area contributed by atoms with Gasteiger partial charge in [0.25, 0.3) is 5.91 Å². The van der Waals surface area contributed by atoms with Gasteiger partial charge in [-0.15, -0.1) is 0 Å². The summed E-state index contributed by atoms with van der Waals surface area (Å²) in [4.78, 5) is 21.9. The standard InChI is InChI=1S/C15H14N4OS2/c1-8-3-4-11(9(2)5-8)18-15-19-13(20)12(22-15)6-10-7-17-14(16)21-10/h3-7H,1-2H3,(H2,16,17)(H,18,19,20)/b12-6-. The second-order valence-electron chi connectivity index (χ2n) is 4.87. The van der Waals surface area contributed by atoms with Gasteiger partial charge in [0.1, 0.15) is 0 Å². The van der Waals surface area contributed by atoms with Crippen molar-refractivity contribution < 1.29 is 4.79 Å². The first-order valence-electron chi connectivity index (χ1n) is 6.59. The highest BCUT2D eigenvalue weighted by Crippen LogP contribution is 2.30. The van der Waals surface area contributed by atoms with E-state index in [1.165, 1.54) is 28.7 Å². The maximum absolute atomic E-state index is 12.0. The van der Waals surface area contributed by atoms with Crippen LogP contribution in [0.4, 0.5) is 10.8 Å². The summed E-state index contributed by atoms with van der Waals surface area (Å²) < 4.78 is 0. The summed E-state index contributed by atoms with van der Waals surface area (Å²) >= 11 is 2.66. The molecule has 22 heavy (non-hydrogen) atoms. The number of hydrogen-bond donors (Lipinski definition) is 2. The first kappa shape index (κ1) is 14.8. The molecule has 1 aliphatic heterocycles. The van der Waals surface area contributed by atoms with Crippen molar-refractivity contribution >= 4 is 51.1 Å². The van der Waals surface area contributed by atoms with Crippen LogP contribution in [-0.2, 0) is 4.79 Å². The number of nitrogens with zero attached hydrogens (tertiary/aromatic N) is 2. The number of benzene rings is 1. The van der Waals surface area contributed by atoms with Crippen molar-refractivity contribution in [3.63, 3.8) is 0 Å². The van der Waals surface area contributed by atoms with Gasteiger partial charge >= 0.3 is 0 Å². The van der Waals surface area contributed by atoms with Crippen LogP contribution < -0.4 is 11.1 Å². The summed E-state index contributed by atoms with van der Waals surface area (Å²) in [6.45, 7) is 4.04. The number of carbonyl (C=O) groups excluding carboxylic acids is 1. The number of aryl methyl sites for hydroxylation is 2. The van der Waals surface area contributed by atoms with Gasteiger partial charge in [0, 0.05) is 6.20 Å². The SMILES string of the molecule is Cc1ccc(/N=C2/NC(=O)/C(=C/c3cnc(N)s3)S2)c(C)c1. The molecule has 3 N–H and O–H groups in total. The van der Waals surface area contributed by atoms with Crippen molar-refractivity contribution in [1.29, 1.82) is 0 Å². The molecule has 0 atom stereocenters. The first-order valence-corrected chi connectivity index (χ1v) is 8.23. The van der Waals surface area contributed by atoms with E-state index in [1.807, 2.05) is 26.0 Å². The third kappa shape index (κ3) is 3.20. The average Bonchev–Trinajstić information content (AvgIpc) is 3.00. The predicted molar refractivity (Wildman–Crippen MR) is 93.2 cm³/mol. The van der Waals surface area contributed by atoms with E-state index in [1.54, 1.807) is 12.3 Å². The number of nitrogen functional groups attached to an aromatic ring is 1. The van der Waals surface area contributed by atoms with Crippen LogP contribution in [0.5, 0.6) is 0 Å². The number of thiazole rings is 1. The van der Waals surface area contributed by atoms with Crippen molar-refractivity contribution in [2.45, 2.75) is 13.8 Å². The van der Waals surface area contributed by atoms with Crippen LogP contribution in [0.15, 0.2) is 34.3 Å². The van der Waals surface area contributed by atoms with Gasteiger partial charge in [0.05, 0.1) is 15.5 Å². The lowest BCUT2D eigenvalue weighted by atomic mass is 10.1. The summed E-state index contributed by atoms with van der Waals surface area (Å²) in [5.74, 6) is -0.152.